The third-order valence-electron chi connectivity index (χ3n) is 3.66. The van der Waals surface area contributed by atoms with Gasteiger partial charge in [-0.15, -0.1) is 11.3 Å². The second-order valence-corrected chi connectivity index (χ2v) is 8.53. The highest BCUT2D eigenvalue weighted by molar-refractivity contribution is 7.93. The number of rotatable bonds is 7. The molecule has 1 atom stereocenters. The molecule has 2 aromatic heterocycles. The molecule has 1 aromatic carbocycles. The fourth-order valence-electron chi connectivity index (χ4n) is 2.37. The molecule has 0 saturated carbocycles. The van der Waals surface area contributed by atoms with E-state index in [0.29, 0.717) is 17.1 Å². The van der Waals surface area contributed by atoms with Crippen molar-refractivity contribution >= 4 is 49.7 Å². The average molecular weight is 426 g/mol. The lowest BCUT2D eigenvalue weighted by Crippen LogP contribution is -2.26. The molecule has 1 unspecified atom stereocenters. The first-order valence-electron chi connectivity index (χ1n) is 7.92. The third kappa shape index (κ3) is 4.65. The smallest absolute Gasteiger partial charge is 0.263 e. The van der Waals surface area contributed by atoms with E-state index in [0.717, 1.165) is 0 Å². The summed E-state index contributed by atoms with van der Waals surface area (Å²) in [6, 6.07) is 5.36. The van der Waals surface area contributed by atoms with Crippen LogP contribution in [0.1, 0.15) is 19.4 Å². The highest BCUT2D eigenvalue weighted by Crippen LogP contribution is 2.21. The summed E-state index contributed by atoms with van der Waals surface area (Å²) >= 11 is 7.04. The maximum atomic E-state index is 12.5. The Labute approximate surface area is 165 Å². The van der Waals surface area contributed by atoms with Gasteiger partial charge in [0.05, 0.1) is 16.1 Å². The summed E-state index contributed by atoms with van der Waals surface area (Å²) in [7, 11) is -3.73. The van der Waals surface area contributed by atoms with Gasteiger partial charge >= 0.3 is 0 Å². The van der Waals surface area contributed by atoms with E-state index in [9.17, 15) is 13.2 Å². The maximum absolute atomic E-state index is 12.5. The number of nitrogens with one attached hydrogen (secondary N) is 2. The Morgan fingerprint density at radius 2 is 2.07 bits per heavy atom. The van der Waals surface area contributed by atoms with E-state index >= 15 is 0 Å². The van der Waals surface area contributed by atoms with Crippen molar-refractivity contribution in [3.8, 4) is 0 Å². The van der Waals surface area contributed by atoms with E-state index in [4.69, 9.17) is 11.6 Å². The summed E-state index contributed by atoms with van der Waals surface area (Å²) in [5.41, 5.74) is 0.477. The van der Waals surface area contributed by atoms with E-state index < -0.39 is 16.1 Å². The first-order valence-corrected chi connectivity index (χ1v) is 10.7. The van der Waals surface area contributed by atoms with Gasteiger partial charge in [0.1, 0.15) is 6.04 Å². The van der Waals surface area contributed by atoms with Crippen LogP contribution in [-0.4, -0.2) is 29.1 Å². The number of halogens is 1. The molecular weight excluding hydrogens is 410 g/mol. The molecule has 1 amide bonds. The first-order chi connectivity index (χ1) is 12.9. The molecule has 0 spiro atoms. The van der Waals surface area contributed by atoms with Gasteiger partial charge in [0, 0.05) is 23.5 Å². The Morgan fingerprint density at radius 3 is 2.63 bits per heavy atom. The lowest BCUT2D eigenvalue weighted by molar-refractivity contribution is -0.119. The molecule has 2 N–H and O–H groups in total. The lowest BCUT2D eigenvalue weighted by Gasteiger charge is -2.15. The van der Waals surface area contributed by atoms with Crippen LogP contribution in [0.15, 0.2) is 53.1 Å². The van der Waals surface area contributed by atoms with Crippen molar-refractivity contribution in [2.45, 2.75) is 24.3 Å². The van der Waals surface area contributed by atoms with Crippen molar-refractivity contribution in [1.29, 1.82) is 0 Å². The molecule has 0 aliphatic carbocycles. The van der Waals surface area contributed by atoms with Crippen LogP contribution in [0.3, 0.4) is 0 Å². The lowest BCUT2D eigenvalue weighted by atomic mass is 10.2. The number of carbonyl (C=O) groups is 1. The molecule has 0 bridgehead atoms. The molecule has 0 saturated heterocycles. The summed E-state index contributed by atoms with van der Waals surface area (Å²) in [6.45, 7) is 1.86. The van der Waals surface area contributed by atoms with Gasteiger partial charge < -0.3 is 5.32 Å². The van der Waals surface area contributed by atoms with Crippen LogP contribution >= 0.6 is 22.9 Å². The average Bonchev–Trinajstić information content (AvgIpc) is 3.28. The SMILES string of the molecule is CCC(C(=O)Nc1ccc(S(=O)(=O)Nc2nccs2)cc1)n1cc(Cl)cn1. The number of hydrogen-bond acceptors (Lipinski definition) is 6. The number of anilines is 2. The molecule has 11 heteroatoms. The van der Waals surface area contributed by atoms with Crippen molar-refractivity contribution in [3.05, 3.63) is 53.3 Å². The third-order valence-corrected chi connectivity index (χ3v) is 6.03. The Kier molecular flexibility index (Phi) is 5.78. The summed E-state index contributed by atoms with van der Waals surface area (Å²) < 4.78 is 28.5. The van der Waals surface area contributed by atoms with Crippen molar-refractivity contribution in [3.63, 3.8) is 0 Å². The van der Waals surface area contributed by atoms with Gasteiger partial charge in [-0.1, -0.05) is 18.5 Å². The molecule has 2 heterocycles. The molecule has 0 aliphatic heterocycles. The monoisotopic (exact) mass is 425 g/mol. The number of thiazole rings is 1. The molecule has 0 fully saturated rings. The van der Waals surface area contributed by atoms with E-state index in [1.165, 1.54) is 52.7 Å². The number of sulfonamides is 1. The zero-order valence-corrected chi connectivity index (χ0v) is 16.6. The normalized spacial score (nSPS) is 12.5. The number of nitrogens with zero attached hydrogens (tertiary/aromatic N) is 3. The van der Waals surface area contributed by atoms with E-state index in [1.807, 2.05) is 6.92 Å². The standard InChI is InChI=1S/C16H16ClN5O3S2/c1-2-14(22-10-11(17)9-19-22)15(23)20-12-3-5-13(6-4-12)27(24,25)21-16-18-7-8-26-16/h3-10,14H,2H2,1H3,(H,18,21)(H,20,23). The van der Waals surface area contributed by atoms with Crippen molar-refractivity contribution in [1.82, 2.24) is 14.8 Å². The quantitative estimate of drug-likeness (QED) is 0.603. The molecule has 142 valence electrons. The molecule has 3 rings (SSSR count). The summed E-state index contributed by atoms with van der Waals surface area (Å²) in [5.74, 6) is -0.270. The van der Waals surface area contributed by atoms with Crippen LogP contribution in [0.4, 0.5) is 10.8 Å². The maximum Gasteiger partial charge on any atom is 0.263 e. The van der Waals surface area contributed by atoms with Crippen LogP contribution in [0.25, 0.3) is 0 Å². The van der Waals surface area contributed by atoms with E-state index in [2.05, 4.69) is 20.1 Å². The second-order valence-electron chi connectivity index (χ2n) is 5.52. The Bertz CT molecular complexity index is 1020. The molecule has 0 aliphatic rings. The van der Waals surface area contributed by atoms with Gasteiger partial charge in [0.25, 0.3) is 10.0 Å². The highest BCUT2D eigenvalue weighted by Gasteiger charge is 2.20. The van der Waals surface area contributed by atoms with E-state index in [1.54, 1.807) is 11.6 Å². The van der Waals surface area contributed by atoms with Crippen molar-refractivity contribution < 1.29 is 13.2 Å². The van der Waals surface area contributed by atoms with Crippen LogP contribution in [0.2, 0.25) is 5.02 Å². The predicted octanol–water partition coefficient (Wildman–Crippen LogP) is 3.38. The largest absolute Gasteiger partial charge is 0.324 e. The highest BCUT2D eigenvalue weighted by atomic mass is 35.5. The topological polar surface area (TPSA) is 106 Å². The number of carbonyl (C=O) groups excluding carboxylic acids is 1. The Hall–Kier alpha value is -2.43. The van der Waals surface area contributed by atoms with Gasteiger partial charge in [-0.05, 0) is 30.7 Å². The molecular formula is C16H16ClN5O3S2. The molecule has 3 aromatic rings. The summed E-state index contributed by atoms with van der Waals surface area (Å²) in [5, 5.41) is 9.23. The molecule has 27 heavy (non-hydrogen) atoms. The zero-order valence-electron chi connectivity index (χ0n) is 14.2. The minimum absolute atomic E-state index is 0.0709. The Balaban J connectivity index is 1.70. The van der Waals surface area contributed by atoms with Gasteiger partial charge in [0.15, 0.2) is 5.13 Å². The van der Waals surface area contributed by atoms with Crippen LogP contribution < -0.4 is 10.0 Å². The number of aromatic nitrogens is 3. The van der Waals surface area contributed by atoms with Gasteiger partial charge in [-0.3, -0.25) is 14.2 Å². The van der Waals surface area contributed by atoms with Crippen LogP contribution in [-0.2, 0) is 14.8 Å². The minimum atomic E-state index is -3.73. The van der Waals surface area contributed by atoms with Crippen LogP contribution in [0.5, 0.6) is 0 Å². The van der Waals surface area contributed by atoms with Gasteiger partial charge in [-0.2, -0.15) is 5.10 Å². The second kappa shape index (κ2) is 8.07. The van der Waals surface area contributed by atoms with E-state index in [-0.39, 0.29) is 15.9 Å². The Morgan fingerprint density at radius 1 is 1.33 bits per heavy atom. The fraction of sp³-hybridized carbons (Fsp3) is 0.188. The minimum Gasteiger partial charge on any atom is -0.324 e. The predicted molar refractivity (Wildman–Crippen MR) is 105 cm³/mol. The van der Waals surface area contributed by atoms with Crippen molar-refractivity contribution in [2.24, 2.45) is 0 Å². The first kappa shape index (κ1) is 19.3. The summed E-state index contributed by atoms with van der Waals surface area (Å²) in [4.78, 5) is 16.5. The molecule has 8 nitrogen and oxygen atoms in total. The number of benzene rings is 1. The van der Waals surface area contributed by atoms with Gasteiger partial charge in [-0.25, -0.2) is 13.4 Å². The number of amides is 1. The molecule has 0 radical (unpaired) electrons. The van der Waals surface area contributed by atoms with Gasteiger partial charge in [0.2, 0.25) is 5.91 Å². The number of hydrogen-bond donors (Lipinski definition) is 2. The summed E-state index contributed by atoms with van der Waals surface area (Å²) in [6.07, 6.45) is 5.08. The van der Waals surface area contributed by atoms with Crippen molar-refractivity contribution in [2.75, 3.05) is 10.0 Å². The fourth-order valence-corrected chi connectivity index (χ4v) is 4.30. The van der Waals surface area contributed by atoms with Crippen LogP contribution in [0, 0.1) is 0 Å². The zero-order chi connectivity index (χ0) is 19.4.